The van der Waals surface area contributed by atoms with E-state index >= 15 is 0 Å². The molecule has 0 saturated carbocycles. The minimum atomic E-state index is -3.64. The number of hydrogen-bond donors (Lipinski definition) is 1. The molecule has 0 aliphatic carbocycles. The first-order chi connectivity index (χ1) is 14.3. The zero-order chi connectivity index (χ0) is 21.5. The number of rotatable bonds is 6. The van der Waals surface area contributed by atoms with Crippen LogP contribution in [-0.4, -0.2) is 37.1 Å². The Labute approximate surface area is 191 Å². The molecule has 1 heterocycles. The first-order valence-corrected chi connectivity index (χ1v) is 12.4. The molecule has 4 aromatic rings. The normalized spacial score (nSPS) is 13.1. The van der Waals surface area contributed by atoms with Gasteiger partial charge in [-0.15, -0.1) is 0 Å². The molecule has 0 spiro atoms. The smallest absolute Gasteiger partial charge is 0.180 e. The topological polar surface area (TPSA) is 68.5 Å². The second-order valence-corrected chi connectivity index (χ2v) is 10.9. The first-order valence-electron chi connectivity index (χ1n) is 9.20. The maximum atomic E-state index is 12.8. The Morgan fingerprint density at radius 1 is 0.933 bits per heavy atom. The molecule has 8 heteroatoms. The van der Waals surface area contributed by atoms with Crippen LogP contribution in [0.4, 0.5) is 0 Å². The lowest BCUT2D eigenvalue weighted by molar-refractivity contribution is 0.179. The quantitative estimate of drug-likeness (QED) is 0.358. The highest BCUT2D eigenvalue weighted by atomic mass is 79.9. The van der Waals surface area contributed by atoms with Gasteiger partial charge in [0.2, 0.25) is 0 Å². The molecule has 156 valence electrons. The van der Waals surface area contributed by atoms with Crippen molar-refractivity contribution in [3.05, 3.63) is 69.6 Å². The van der Waals surface area contributed by atoms with E-state index in [1.54, 1.807) is 12.1 Å². The van der Waals surface area contributed by atoms with Crippen LogP contribution in [0.5, 0.6) is 5.75 Å². The molecule has 0 fully saturated rings. The Bertz CT molecular complexity index is 1270. The van der Waals surface area contributed by atoms with Crippen molar-refractivity contribution in [3.63, 3.8) is 0 Å². The summed E-state index contributed by atoms with van der Waals surface area (Å²) in [5, 5.41) is 12.8. The molecule has 0 amide bonds. The van der Waals surface area contributed by atoms with Gasteiger partial charge in [0.1, 0.15) is 5.75 Å². The van der Waals surface area contributed by atoms with Crippen LogP contribution in [0.25, 0.3) is 21.8 Å². The van der Waals surface area contributed by atoms with Crippen molar-refractivity contribution < 1.29 is 18.3 Å². The van der Waals surface area contributed by atoms with Gasteiger partial charge in [-0.3, -0.25) is 0 Å². The zero-order valence-electron chi connectivity index (χ0n) is 16.0. The summed E-state index contributed by atoms with van der Waals surface area (Å²) in [6.07, 6.45) is -1.07. The van der Waals surface area contributed by atoms with Gasteiger partial charge in [-0.25, -0.2) is 8.42 Å². The molecule has 0 aliphatic heterocycles. The molecule has 3 aromatic carbocycles. The van der Waals surface area contributed by atoms with Gasteiger partial charge >= 0.3 is 0 Å². The fourth-order valence-electron chi connectivity index (χ4n) is 3.64. The number of methoxy groups -OCH3 is 1. The van der Waals surface area contributed by atoms with E-state index in [1.807, 2.05) is 41.0 Å². The Balaban J connectivity index is 1.67. The fourth-order valence-corrected chi connectivity index (χ4v) is 5.72. The van der Waals surface area contributed by atoms with Gasteiger partial charge in [0, 0.05) is 30.8 Å². The van der Waals surface area contributed by atoms with Crippen molar-refractivity contribution in [1.29, 1.82) is 0 Å². The number of hydrogen-bond acceptors (Lipinski definition) is 4. The average molecular weight is 553 g/mol. The highest BCUT2D eigenvalue weighted by Gasteiger charge is 2.22. The average Bonchev–Trinajstić information content (AvgIpc) is 2.99. The second-order valence-electron chi connectivity index (χ2n) is 7.04. The highest BCUT2D eigenvalue weighted by Crippen LogP contribution is 2.33. The van der Waals surface area contributed by atoms with Crippen molar-refractivity contribution in [3.8, 4) is 5.75 Å². The molecule has 0 bridgehead atoms. The predicted molar refractivity (Wildman–Crippen MR) is 126 cm³/mol. The number of ether oxygens (including phenoxy) is 1. The van der Waals surface area contributed by atoms with Crippen LogP contribution in [-0.2, 0) is 16.4 Å². The summed E-state index contributed by atoms with van der Waals surface area (Å²) in [7, 11) is -2.12. The number of sulfone groups is 1. The van der Waals surface area contributed by atoms with Gasteiger partial charge in [0.25, 0.3) is 0 Å². The molecule has 0 saturated heterocycles. The van der Waals surface area contributed by atoms with Crippen molar-refractivity contribution in [2.45, 2.75) is 17.5 Å². The third kappa shape index (κ3) is 4.14. The third-order valence-corrected chi connectivity index (χ3v) is 7.81. The summed E-state index contributed by atoms with van der Waals surface area (Å²) in [5.74, 6) is 0.213. The van der Waals surface area contributed by atoms with Crippen LogP contribution >= 0.6 is 31.9 Å². The highest BCUT2D eigenvalue weighted by molar-refractivity contribution is 9.10. The van der Waals surface area contributed by atoms with E-state index < -0.39 is 15.9 Å². The van der Waals surface area contributed by atoms with Crippen LogP contribution < -0.4 is 4.74 Å². The zero-order valence-corrected chi connectivity index (χ0v) is 20.0. The summed E-state index contributed by atoms with van der Waals surface area (Å²) in [4.78, 5) is 0.164. The van der Waals surface area contributed by atoms with Crippen LogP contribution in [0.1, 0.15) is 0 Å². The maximum absolute atomic E-state index is 12.8. The minimum absolute atomic E-state index is 0.164. The van der Waals surface area contributed by atoms with E-state index in [0.717, 1.165) is 30.8 Å². The Morgan fingerprint density at radius 2 is 1.47 bits per heavy atom. The molecule has 4 rings (SSSR count). The SMILES string of the molecule is COc1ccc(S(=O)(=O)CC(O)Cn2c3ccc(Br)cc3c3cc(Br)ccc32)cc1. The summed E-state index contributed by atoms with van der Waals surface area (Å²) >= 11 is 7.03. The lowest BCUT2D eigenvalue weighted by atomic mass is 10.2. The molecule has 1 aromatic heterocycles. The number of aliphatic hydroxyl groups excluding tert-OH is 1. The van der Waals surface area contributed by atoms with Crippen molar-refractivity contribution in [2.75, 3.05) is 12.9 Å². The summed E-state index contributed by atoms with van der Waals surface area (Å²) in [5.41, 5.74) is 1.87. The largest absolute Gasteiger partial charge is 0.497 e. The van der Waals surface area contributed by atoms with Gasteiger partial charge in [-0.1, -0.05) is 31.9 Å². The number of aliphatic hydroxyl groups is 1. The van der Waals surface area contributed by atoms with Crippen LogP contribution in [0, 0.1) is 0 Å². The number of aromatic nitrogens is 1. The molecular formula is C22H19Br2NO4S. The molecule has 0 aliphatic rings. The van der Waals surface area contributed by atoms with Crippen molar-refractivity contribution in [1.82, 2.24) is 4.57 Å². The first kappa shape index (κ1) is 21.4. The molecule has 0 radical (unpaired) electrons. The maximum Gasteiger partial charge on any atom is 0.180 e. The monoisotopic (exact) mass is 551 g/mol. The molecule has 5 nitrogen and oxygen atoms in total. The van der Waals surface area contributed by atoms with Crippen LogP contribution in [0.3, 0.4) is 0 Å². The van der Waals surface area contributed by atoms with Crippen LogP contribution in [0.15, 0.2) is 74.5 Å². The molecule has 1 unspecified atom stereocenters. The van der Waals surface area contributed by atoms with E-state index in [0.29, 0.717) is 5.75 Å². The lowest BCUT2D eigenvalue weighted by Gasteiger charge is -2.15. The van der Waals surface area contributed by atoms with Gasteiger partial charge < -0.3 is 14.4 Å². The Kier molecular flexibility index (Phi) is 5.94. The third-order valence-electron chi connectivity index (χ3n) is 5.01. The van der Waals surface area contributed by atoms with Crippen molar-refractivity contribution >= 4 is 63.5 Å². The summed E-state index contributed by atoms with van der Waals surface area (Å²) in [6, 6.07) is 18.1. The molecular weight excluding hydrogens is 534 g/mol. The second kappa shape index (κ2) is 8.34. The summed E-state index contributed by atoms with van der Waals surface area (Å²) < 4.78 is 34.5. The standard InChI is InChI=1S/C22H19Br2NO4S/c1-29-17-4-6-18(7-5-17)30(27,28)13-16(26)12-25-21-8-2-14(23)10-19(21)20-11-15(24)3-9-22(20)25/h2-11,16,26H,12-13H2,1H3. The minimum Gasteiger partial charge on any atom is -0.497 e. The molecule has 1 atom stereocenters. The Morgan fingerprint density at radius 3 is 1.97 bits per heavy atom. The number of halogens is 2. The lowest BCUT2D eigenvalue weighted by Crippen LogP contribution is -2.25. The van der Waals surface area contributed by atoms with E-state index in [-0.39, 0.29) is 17.2 Å². The predicted octanol–water partition coefficient (Wildman–Crippen LogP) is 5.16. The van der Waals surface area contributed by atoms with E-state index in [4.69, 9.17) is 4.74 Å². The Hall–Kier alpha value is -1.87. The molecule has 30 heavy (non-hydrogen) atoms. The number of fused-ring (bicyclic) bond motifs is 3. The van der Waals surface area contributed by atoms with Crippen LogP contribution in [0.2, 0.25) is 0 Å². The van der Waals surface area contributed by atoms with E-state index in [9.17, 15) is 13.5 Å². The van der Waals surface area contributed by atoms with Crippen molar-refractivity contribution in [2.24, 2.45) is 0 Å². The van der Waals surface area contributed by atoms with Gasteiger partial charge in [-0.2, -0.15) is 0 Å². The van der Waals surface area contributed by atoms with E-state index in [2.05, 4.69) is 31.9 Å². The van der Waals surface area contributed by atoms with Gasteiger partial charge in [0.05, 0.1) is 30.4 Å². The van der Waals surface area contributed by atoms with Gasteiger partial charge in [-0.05, 0) is 60.7 Å². The summed E-state index contributed by atoms with van der Waals surface area (Å²) in [6.45, 7) is 0.165. The molecule has 1 N–H and O–H groups in total. The number of benzene rings is 3. The van der Waals surface area contributed by atoms with Gasteiger partial charge in [0.15, 0.2) is 9.84 Å². The fraction of sp³-hybridized carbons (Fsp3) is 0.182. The number of nitrogens with zero attached hydrogens (tertiary/aromatic N) is 1. The van der Waals surface area contributed by atoms with E-state index in [1.165, 1.54) is 19.2 Å².